The summed E-state index contributed by atoms with van der Waals surface area (Å²) in [5, 5.41) is 5.84. The van der Waals surface area contributed by atoms with Crippen molar-refractivity contribution in [3.63, 3.8) is 0 Å². The Hall–Kier alpha value is -2.15. The minimum atomic E-state index is -4.25. The number of nitrogens with zero attached hydrogens (tertiary/aromatic N) is 2. The number of aromatic nitrogens is 1. The van der Waals surface area contributed by atoms with Crippen molar-refractivity contribution in [3.05, 3.63) is 46.4 Å². The Kier molecular flexibility index (Phi) is 8.12. The first kappa shape index (κ1) is 25.0. The third-order valence-corrected chi connectivity index (χ3v) is 8.13. The topological polar surface area (TPSA) is 110 Å². The number of hydrogen-bond donors (Lipinski definition) is 2. The van der Waals surface area contributed by atoms with Gasteiger partial charge in [-0.2, -0.15) is 8.42 Å². The molecule has 4 rings (SSSR count). The zero-order chi connectivity index (χ0) is 24.1. The molecule has 3 aromatic rings. The van der Waals surface area contributed by atoms with Gasteiger partial charge in [0.05, 0.1) is 33.5 Å². The number of ether oxygens (including phenoxy) is 1. The monoisotopic (exact) mass is 544 g/mol. The quantitative estimate of drug-likeness (QED) is 0.322. The van der Waals surface area contributed by atoms with Gasteiger partial charge in [-0.05, 0) is 37.2 Å². The standard InChI is InChI=1S/C21H22Cl2N4O5S2/c22-15-3-1-4-16(23)19(15)34(29,30)32-14-5-6-17-18(13-14)33-21(25-17)26-20(28)24-7-2-8-27-9-11-31-12-10-27/h1,3-6,13H,2,7-12H2,(H2,24,25,26,28). The molecule has 1 fully saturated rings. The molecule has 0 radical (unpaired) electrons. The van der Waals surface area contributed by atoms with Crippen LogP contribution < -0.4 is 14.8 Å². The van der Waals surface area contributed by atoms with Crippen LogP contribution in [0.5, 0.6) is 5.75 Å². The molecule has 1 aromatic heterocycles. The molecule has 0 saturated carbocycles. The van der Waals surface area contributed by atoms with Crippen molar-refractivity contribution in [1.82, 2.24) is 15.2 Å². The van der Waals surface area contributed by atoms with Gasteiger partial charge >= 0.3 is 16.1 Å². The Morgan fingerprint density at radius 1 is 1.18 bits per heavy atom. The Labute approximate surface area is 211 Å². The molecule has 34 heavy (non-hydrogen) atoms. The van der Waals surface area contributed by atoms with E-state index in [1.54, 1.807) is 12.1 Å². The summed E-state index contributed by atoms with van der Waals surface area (Å²) in [5.41, 5.74) is 0.591. The highest BCUT2D eigenvalue weighted by molar-refractivity contribution is 7.87. The molecule has 1 aliphatic heterocycles. The van der Waals surface area contributed by atoms with Crippen molar-refractivity contribution in [1.29, 1.82) is 0 Å². The van der Waals surface area contributed by atoms with Gasteiger partial charge in [0.25, 0.3) is 0 Å². The number of anilines is 1. The van der Waals surface area contributed by atoms with Gasteiger partial charge in [0, 0.05) is 25.7 Å². The molecule has 2 N–H and O–H groups in total. The lowest BCUT2D eigenvalue weighted by Gasteiger charge is -2.26. The zero-order valence-electron chi connectivity index (χ0n) is 17.9. The summed E-state index contributed by atoms with van der Waals surface area (Å²) in [6.07, 6.45) is 0.831. The van der Waals surface area contributed by atoms with E-state index >= 15 is 0 Å². The smallest absolute Gasteiger partial charge is 0.342 e. The minimum absolute atomic E-state index is 0.0335. The lowest BCUT2D eigenvalue weighted by atomic mass is 10.3. The van der Waals surface area contributed by atoms with Crippen LogP contribution in [0.2, 0.25) is 10.0 Å². The number of thiazole rings is 1. The Balaban J connectivity index is 1.35. The molecule has 2 amide bonds. The van der Waals surface area contributed by atoms with Crippen molar-refractivity contribution in [2.75, 3.05) is 44.7 Å². The molecule has 9 nitrogen and oxygen atoms in total. The Bertz CT molecular complexity index is 1260. The number of rotatable bonds is 8. The van der Waals surface area contributed by atoms with Gasteiger partial charge in [-0.25, -0.2) is 9.78 Å². The molecule has 0 bridgehead atoms. The van der Waals surface area contributed by atoms with Crippen LogP contribution >= 0.6 is 34.5 Å². The van der Waals surface area contributed by atoms with E-state index in [1.807, 2.05) is 0 Å². The summed E-state index contributed by atoms with van der Waals surface area (Å²) in [4.78, 5) is 18.6. The number of morpholine rings is 1. The molecule has 0 unspecified atom stereocenters. The zero-order valence-corrected chi connectivity index (χ0v) is 21.1. The second-order valence-corrected chi connectivity index (χ2v) is 10.8. The Morgan fingerprint density at radius 2 is 1.91 bits per heavy atom. The number of carbonyl (C=O) groups excluding carboxylic acids is 1. The molecule has 0 atom stereocenters. The second kappa shape index (κ2) is 11.1. The molecule has 2 aromatic carbocycles. The number of halogens is 2. The van der Waals surface area contributed by atoms with Crippen molar-refractivity contribution < 1.29 is 22.1 Å². The summed E-state index contributed by atoms with van der Waals surface area (Å²) in [6, 6.07) is 8.63. The van der Waals surface area contributed by atoms with Gasteiger partial charge in [0.1, 0.15) is 10.6 Å². The first-order valence-corrected chi connectivity index (χ1v) is 13.4. The average Bonchev–Trinajstić information content (AvgIpc) is 3.18. The molecule has 0 spiro atoms. The molecule has 1 saturated heterocycles. The van der Waals surface area contributed by atoms with Gasteiger partial charge in [-0.15, -0.1) is 0 Å². The number of fused-ring (bicyclic) bond motifs is 1. The molecular formula is C21H22Cl2N4O5S2. The van der Waals surface area contributed by atoms with E-state index in [-0.39, 0.29) is 26.7 Å². The van der Waals surface area contributed by atoms with Crippen molar-refractivity contribution >= 4 is 66.0 Å². The fourth-order valence-corrected chi connectivity index (χ4v) is 6.28. The predicted molar refractivity (Wildman–Crippen MR) is 133 cm³/mol. The summed E-state index contributed by atoms with van der Waals surface area (Å²) < 4.78 is 36.6. The summed E-state index contributed by atoms with van der Waals surface area (Å²) in [6.45, 7) is 4.76. The largest absolute Gasteiger partial charge is 0.379 e. The van der Waals surface area contributed by atoms with E-state index in [2.05, 4.69) is 20.5 Å². The molecule has 13 heteroatoms. The van der Waals surface area contributed by atoms with Crippen molar-refractivity contribution in [2.24, 2.45) is 0 Å². The van der Waals surface area contributed by atoms with Crippen LogP contribution in [-0.4, -0.2) is 63.7 Å². The molecule has 1 aliphatic rings. The van der Waals surface area contributed by atoms with E-state index in [0.29, 0.717) is 21.9 Å². The summed E-state index contributed by atoms with van der Waals surface area (Å²) >= 11 is 13.2. The van der Waals surface area contributed by atoms with Crippen molar-refractivity contribution in [2.45, 2.75) is 11.3 Å². The van der Waals surface area contributed by atoms with Crippen LogP contribution in [0.25, 0.3) is 10.2 Å². The van der Waals surface area contributed by atoms with Crippen molar-refractivity contribution in [3.8, 4) is 5.75 Å². The van der Waals surface area contributed by atoms with Crippen LogP contribution in [0.4, 0.5) is 9.93 Å². The van der Waals surface area contributed by atoms with Gasteiger partial charge in [0.15, 0.2) is 5.13 Å². The van der Waals surface area contributed by atoms with Crippen LogP contribution in [0.3, 0.4) is 0 Å². The first-order valence-electron chi connectivity index (χ1n) is 10.5. The number of hydrogen-bond acceptors (Lipinski definition) is 8. The highest BCUT2D eigenvalue weighted by atomic mass is 35.5. The fraction of sp³-hybridized carbons (Fsp3) is 0.333. The fourth-order valence-electron chi connectivity index (χ4n) is 3.37. The molecule has 0 aliphatic carbocycles. The number of carbonyl (C=O) groups is 1. The Morgan fingerprint density at radius 3 is 2.65 bits per heavy atom. The van der Waals surface area contributed by atoms with E-state index in [1.165, 1.54) is 35.6 Å². The van der Waals surface area contributed by atoms with Crippen LogP contribution in [0.15, 0.2) is 41.3 Å². The van der Waals surface area contributed by atoms with Crippen LogP contribution in [-0.2, 0) is 14.9 Å². The van der Waals surface area contributed by atoms with E-state index in [0.717, 1.165) is 39.3 Å². The number of amides is 2. The maximum Gasteiger partial charge on any atom is 0.342 e. The molecular weight excluding hydrogens is 523 g/mol. The van der Waals surface area contributed by atoms with Crippen LogP contribution in [0, 0.1) is 0 Å². The van der Waals surface area contributed by atoms with Gasteiger partial charge < -0.3 is 14.2 Å². The third kappa shape index (κ3) is 6.29. The predicted octanol–water partition coefficient (Wildman–Crippen LogP) is 4.21. The van der Waals surface area contributed by atoms with E-state index in [9.17, 15) is 13.2 Å². The first-order chi connectivity index (χ1) is 16.3. The number of benzene rings is 2. The molecule has 2 heterocycles. The lowest BCUT2D eigenvalue weighted by molar-refractivity contribution is 0.0375. The highest BCUT2D eigenvalue weighted by Crippen LogP contribution is 2.33. The summed E-state index contributed by atoms with van der Waals surface area (Å²) in [5.74, 6) is 0.0752. The van der Waals surface area contributed by atoms with Gasteiger partial charge in [0.2, 0.25) is 0 Å². The summed E-state index contributed by atoms with van der Waals surface area (Å²) in [7, 11) is -4.25. The lowest BCUT2D eigenvalue weighted by Crippen LogP contribution is -2.38. The SMILES string of the molecule is O=C(NCCCN1CCOCC1)Nc1nc2ccc(OS(=O)(=O)c3c(Cl)cccc3Cl)cc2s1. The average molecular weight is 545 g/mol. The third-order valence-electron chi connectivity index (χ3n) is 5.00. The minimum Gasteiger partial charge on any atom is -0.379 e. The maximum atomic E-state index is 12.7. The maximum absolute atomic E-state index is 12.7. The number of nitrogens with one attached hydrogen (secondary N) is 2. The van der Waals surface area contributed by atoms with Gasteiger partial charge in [-0.1, -0.05) is 40.6 Å². The van der Waals surface area contributed by atoms with E-state index in [4.69, 9.17) is 32.1 Å². The second-order valence-electron chi connectivity index (χ2n) is 7.43. The van der Waals surface area contributed by atoms with Gasteiger partial charge in [-0.3, -0.25) is 10.2 Å². The number of urea groups is 1. The highest BCUT2D eigenvalue weighted by Gasteiger charge is 2.24. The van der Waals surface area contributed by atoms with E-state index < -0.39 is 10.1 Å². The normalized spacial score (nSPS) is 14.8. The molecule has 182 valence electrons. The van der Waals surface area contributed by atoms with Crippen LogP contribution in [0.1, 0.15) is 6.42 Å².